The smallest absolute Gasteiger partial charge is 0.264 e. The Hall–Kier alpha value is -3.10. The molecule has 0 aliphatic heterocycles. The van der Waals surface area contributed by atoms with Gasteiger partial charge in [0.05, 0.1) is 28.3 Å². The SMILES string of the molecule is COc1ccc(N(C)S(=O)(=O)c2ccc(Cl)c(C(=O)Nc3ccc(F)cc3C)c2)cc1. The second-order valence-corrected chi connectivity index (χ2v) is 9.10. The molecule has 0 saturated heterocycles. The lowest BCUT2D eigenvalue weighted by Gasteiger charge is -2.20. The summed E-state index contributed by atoms with van der Waals surface area (Å²) in [5.74, 6) is -0.442. The number of aryl methyl sites for hydroxylation is 1. The third-order valence-electron chi connectivity index (χ3n) is 4.71. The molecule has 3 aromatic rings. The normalized spacial score (nSPS) is 11.1. The second-order valence-electron chi connectivity index (χ2n) is 6.73. The summed E-state index contributed by atoms with van der Waals surface area (Å²) in [5, 5.41) is 2.72. The van der Waals surface area contributed by atoms with Gasteiger partial charge in [-0.2, -0.15) is 0 Å². The van der Waals surface area contributed by atoms with E-state index in [9.17, 15) is 17.6 Å². The van der Waals surface area contributed by atoms with Gasteiger partial charge in [-0.3, -0.25) is 9.10 Å². The van der Waals surface area contributed by atoms with Gasteiger partial charge in [0.2, 0.25) is 0 Å². The number of halogens is 2. The Labute approximate surface area is 185 Å². The third kappa shape index (κ3) is 4.81. The minimum Gasteiger partial charge on any atom is -0.497 e. The number of benzene rings is 3. The summed E-state index contributed by atoms with van der Waals surface area (Å²) in [6, 6.07) is 14.3. The van der Waals surface area contributed by atoms with Crippen molar-refractivity contribution in [3.8, 4) is 5.75 Å². The largest absolute Gasteiger partial charge is 0.497 e. The summed E-state index contributed by atoms with van der Waals surface area (Å²) in [6.45, 7) is 1.64. The first-order chi connectivity index (χ1) is 14.6. The Morgan fingerprint density at radius 3 is 2.35 bits per heavy atom. The number of ether oxygens (including phenoxy) is 1. The minimum atomic E-state index is -3.97. The number of nitrogens with zero attached hydrogens (tertiary/aromatic N) is 1. The fourth-order valence-corrected chi connectivity index (χ4v) is 4.31. The highest BCUT2D eigenvalue weighted by Crippen LogP contribution is 2.28. The van der Waals surface area contributed by atoms with E-state index in [1.54, 1.807) is 31.2 Å². The molecule has 162 valence electrons. The Morgan fingerprint density at radius 2 is 1.74 bits per heavy atom. The summed E-state index contributed by atoms with van der Waals surface area (Å²) in [7, 11) is -1.04. The van der Waals surface area contributed by atoms with E-state index in [0.717, 1.165) is 4.31 Å². The summed E-state index contributed by atoms with van der Waals surface area (Å²) in [6.07, 6.45) is 0. The lowest BCUT2D eigenvalue weighted by Crippen LogP contribution is -2.27. The van der Waals surface area contributed by atoms with Gasteiger partial charge in [0.25, 0.3) is 15.9 Å². The van der Waals surface area contributed by atoms with Gasteiger partial charge in [0.15, 0.2) is 0 Å². The van der Waals surface area contributed by atoms with E-state index in [1.807, 2.05) is 0 Å². The molecule has 0 radical (unpaired) electrons. The molecule has 1 amide bonds. The molecule has 1 N–H and O–H groups in total. The van der Waals surface area contributed by atoms with Crippen molar-refractivity contribution in [3.05, 3.63) is 82.6 Å². The van der Waals surface area contributed by atoms with Crippen LogP contribution in [0.4, 0.5) is 15.8 Å². The first kappa shape index (κ1) is 22.6. The highest BCUT2D eigenvalue weighted by Gasteiger charge is 2.24. The van der Waals surface area contributed by atoms with Crippen LogP contribution in [-0.4, -0.2) is 28.5 Å². The number of carbonyl (C=O) groups is 1. The zero-order chi connectivity index (χ0) is 22.8. The van der Waals surface area contributed by atoms with Crippen molar-refractivity contribution in [2.24, 2.45) is 0 Å². The molecule has 0 aliphatic rings. The van der Waals surface area contributed by atoms with E-state index in [-0.39, 0.29) is 15.5 Å². The van der Waals surface area contributed by atoms with Crippen LogP contribution in [0.2, 0.25) is 5.02 Å². The van der Waals surface area contributed by atoms with Crippen molar-refractivity contribution >= 4 is 38.9 Å². The van der Waals surface area contributed by atoms with Gasteiger partial charge in [-0.1, -0.05) is 11.6 Å². The van der Waals surface area contributed by atoms with Crippen LogP contribution in [0.5, 0.6) is 5.75 Å². The molecule has 0 fully saturated rings. The summed E-state index contributed by atoms with van der Waals surface area (Å²) < 4.78 is 45.7. The van der Waals surface area contributed by atoms with Crippen LogP contribution >= 0.6 is 11.6 Å². The number of methoxy groups -OCH3 is 1. The molecule has 3 rings (SSSR count). The van der Waals surface area contributed by atoms with Gasteiger partial charge in [-0.25, -0.2) is 12.8 Å². The van der Waals surface area contributed by atoms with Crippen LogP contribution in [0.3, 0.4) is 0 Å². The van der Waals surface area contributed by atoms with Crippen LogP contribution in [0.25, 0.3) is 0 Å². The van der Waals surface area contributed by atoms with Crippen LogP contribution < -0.4 is 14.4 Å². The van der Waals surface area contributed by atoms with E-state index in [0.29, 0.717) is 22.7 Å². The Balaban J connectivity index is 1.92. The highest BCUT2D eigenvalue weighted by atomic mass is 35.5. The molecule has 6 nitrogen and oxygen atoms in total. The number of nitrogens with one attached hydrogen (secondary N) is 1. The first-order valence-electron chi connectivity index (χ1n) is 9.13. The standard InChI is InChI=1S/C22H20ClFN2O4S/c1-14-12-15(24)4-11-21(14)25-22(27)19-13-18(9-10-20(19)23)31(28,29)26(2)16-5-7-17(30-3)8-6-16/h4-13H,1-3H3,(H,25,27). The average Bonchev–Trinajstić information content (AvgIpc) is 2.75. The number of amides is 1. The van der Waals surface area contributed by atoms with Crippen molar-refractivity contribution in [2.75, 3.05) is 23.8 Å². The zero-order valence-corrected chi connectivity index (χ0v) is 18.6. The van der Waals surface area contributed by atoms with Gasteiger partial charge < -0.3 is 10.1 Å². The van der Waals surface area contributed by atoms with Gasteiger partial charge >= 0.3 is 0 Å². The van der Waals surface area contributed by atoms with E-state index in [4.69, 9.17) is 16.3 Å². The highest BCUT2D eigenvalue weighted by molar-refractivity contribution is 7.92. The molecular formula is C22H20ClFN2O4S. The molecule has 0 aliphatic carbocycles. The lowest BCUT2D eigenvalue weighted by molar-refractivity contribution is 0.102. The maximum atomic E-state index is 13.3. The summed E-state index contributed by atoms with van der Waals surface area (Å²) in [4.78, 5) is 12.6. The Bertz CT molecular complexity index is 1230. The maximum absolute atomic E-state index is 13.3. The third-order valence-corrected chi connectivity index (χ3v) is 6.82. The molecule has 3 aromatic carbocycles. The maximum Gasteiger partial charge on any atom is 0.264 e. The van der Waals surface area contributed by atoms with E-state index in [1.165, 1.54) is 50.6 Å². The fourth-order valence-electron chi connectivity index (χ4n) is 2.88. The van der Waals surface area contributed by atoms with Crippen LogP contribution in [0.1, 0.15) is 15.9 Å². The monoisotopic (exact) mass is 462 g/mol. The number of hydrogen-bond donors (Lipinski definition) is 1. The lowest BCUT2D eigenvalue weighted by atomic mass is 10.1. The topological polar surface area (TPSA) is 75.7 Å². The number of rotatable bonds is 6. The molecule has 0 atom stereocenters. The Kier molecular flexibility index (Phi) is 6.52. The van der Waals surface area contributed by atoms with Crippen molar-refractivity contribution in [3.63, 3.8) is 0 Å². The molecule has 9 heteroatoms. The number of sulfonamides is 1. The molecule has 0 unspecified atom stereocenters. The predicted octanol–water partition coefficient (Wildman–Crippen LogP) is 4.87. The van der Waals surface area contributed by atoms with Crippen molar-refractivity contribution in [1.29, 1.82) is 0 Å². The van der Waals surface area contributed by atoms with Gasteiger partial charge in [-0.05, 0) is 73.2 Å². The van der Waals surface area contributed by atoms with Crippen LogP contribution in [0.15, 0.2) is 65.6 Å². The van der Waals surface area contributed by atoms with Crippen LogP contribution in [0, 0.1) is 12.7 Å². The van der Waals surface area contributed by atoms with Gasteiger partial charge in [-0.15, -0.1) is 0 Å². The predicted molar refractivity (Wildman–Crippen MR) is 119 cm³/mol. The average molecular weight is 463 g/mol. The van der Waals surface area contributed by atoms with Gasteiger partial charge in [0.1, 0.15) is 11.6 Å². The first-order valence-corrected chi connectivity index (χ1v) is 11.0. The fraction of sp³-hybridized carbons (Fsp3) is 0.136. The van der Waals surface area contributed by atoms with E-state index >= 15 is 0 Å². The second kappa shape index (κ2) is 8.95. The molecule has 31 heavy (non-hydrogen) atoms. The van der Waals surface area contributed by atoms with E-state index < -0.39 is 21.7 Å². The summed E-state index contributed by atoms with van der Waals surface area (Å²) >= 11 is 6.16. The van der Waals surface area contributed by atoms with Crippen molar-refractivity contribution in [2.45, 2.75) is 11.8 Å². The summed E-state index contributed by atoms with van der Waals surface area (Å²) in [5.41, 5.74) is 1.32. The van der Waals surface area contributed by atoms with Gasteiger partial charge in [0, 0.05) is 12.7 Å². The minimum absolute atomic E-state index is 0.0189. The van der Waals surface area contributed by atoms with Crippen LogP contribution in [-0.2, 0) is 10.0 Å². The number of carbonyl (C=O) groups excluding carboxylic acids is 1. The number of hydrogen-bond acceptors (Lipinski definition) is 4. The Morgan fingerprint density at radius 1 is 1.06 bits per heavy atom. The number of anilines is 2. The zero-order valence-electron chi connectivity index (χ0n) is 17.0. The molecule has 0 spiro atoms. The molecule has 0 heterocycles. The molecule has 0 aromatic heterocycles. The molecular weight excluding hydrogens is 443 g/mol. The quantitative estimate of drug-likeness (QED) is 0.566. The molecule has 0 saturated carbocycles. The van der Waals surface area contributed by atoms with Crippen molar-refractivity contribution < 1.29 is 22.3 Å². The van der Waals surface area contributed by atoms with Crippen molar-refractivity contribution in [1.82, 2.24) is 0 Å². The molecule has 0 bridgehead atoms. The van der Waals surface area contributed by atoms with E-state index in [2.05, 4.69) is 5.32 Å².